The second-order valence-corrected chi connectivity index (χ2v) is 8.26. The lowest BCUT2D eigenvalue weighted by molar-refractivity contribution is -0.159. The molecule has 0 saturated heterocycles. The zero-order valence-corrected chi connectivity index (χ0v) is 17.8. The van der Waals surface area contributed by atoms with E-state index in [4.69, 9.17) is 18.6 Å². The fourth-order valence-electron chi connectivity index (χ4n) is 4.08. The van der Waals surface area contributed by atoms with E-state index in [-0.39, 0.29) is 17.3 Å². The number of para-hydroxylation sites is 1. The molecule has 1 aliphatic rings. The van der Waals surface area contributed by atoms with Gasteiger partial charge in [-0.05, 0) is 42.7 Å². The number of fused-ring (bicyclic) bond motifs is 1. The molecule has 7 nitrogen and oxygen atoms in total. The van der Waals surface area contributed by atoms with E-state index in [2.05, 4.69) is 20.8 Å². The Kier molecular flexibility index (Phi) is 6.80. The fraction of sp³-hybridized carbons (Fsp3) is 0.522. The van der Waals surface area contributed by atoms with Crippen LogP contribution < -0.4 is 10.4 Å². The van der Waals surface area contributed by atoms with Gasteiger partial charge in [-0.3, -0.25) is 0 Å². The van der Waals surface area contributed by atoms with Gasteiger partial charge in [0.15, 0.2) is 17.9 Å². The van der Waals surface area contributed by atoms with Gasteiger partial charge in [0.1, 0.15) is 11.7 Å². The van der Waals surface area contributed by atoms with E-state index in [0.717, 1.165) is 19.3 Å². The van der Waals surface area contributed by atoms with Gasteiger partial charge in [0, 0.05) is 5.39 Å². The number of ether oxygens (including phenoxy) is 3. The Morgan fingerprint density at radius 3 is 2.70 bits per heavy atom. The minimum atomic E-state index is -0.928. The second kappa shape index (κ2) is 9.32. The summed E-state index contributed by atoms with van der Waals surface area (Å²) in [4.78, 5) is 36.9. The summed E-state index contributed by atoms with van der Waals surface area (Å²) < 4.78 is 21.0. The molecule has 162 valence electrons. The van der Waals surface area contributed by atoms with Crippen LogP contribution in [0.4, 0.5) is 0 Å². The molecule has 1 fully saturated rings. The van der Waals surface area contributed by atoms with Gasteiger partial charge in [-0.1, -0.05) is 39.3 Å². The van der Waals surface area contributed by atoms with Gasteiger partial charge in [-0.15, -0.1) is 0 Å². The van der Waals surface area contributed by atoms with E-state index in [1.165, 1.54) is 13.2 Å². The van der Waals surface area contributed by atoms with Crippen molar-refractivity contribution in [2.24, 2.45) is 17.8 Å². The largest absolute Gasteiger partial charge is 0.493 e. The molecule has 2 aromatic rings. The van der Waals surface area contributed by atoms with E-state index < -0.39 is 24.2 Å². The molecule has 3 atom stereocenters. The Balaban J connectivity index is 1.66. The van der Waals surface area contributed by atoms with Crippen molar-refractivity contribution in [2.45, 2.75) is 46.1 Å². The zero-order chi connectivity index (χ0) is 21.8. The maximum atomic E-state index is 12.4. The first-order valence-electron chi connectivity index (χ1n) is 10.3. The number of carbonyl (C=O) groups excluding carboxylic acids is 2. The molecule has 1 aromatic heterocycles. The molecule has 7 heteroatoms. The van der Waals surface area contributed by atoms with Crippen molar-refractivity contribution in [2.75, 3.05) is 13.7 Å². The fourth-order valence-corrected chi connectivity index (χ4v) is 4.08. The van der Waals surface area contributed by atoms with Crippen LogP contribution in [0, 0.1) is 17.8 Å². The third-order valence-electron chi connectivity index (χ3n) is 5.73. The average Bonchev–Trinajstić information content (AvgIpc) is 2.71. The maximum Gasteiger partial charge on any atom is 0.351 e. The number of methoxy groups -OCH3 is 1. The minimum Gasteiger partial charge on any atom is -0.493 e. The Labute approximate surface area is 175 Å². The summed E-state index contributed by atoms with van der Waals surface area (Å²) in [5.74, 6) is 0.0253. The summed E-state index contributed by atoms with van der Waals surface area (Å²) in [7, 11) is 1.46. The molecule has 1 heterocycles. The van der Waals surface area contributed by atoms with Gasteiger partial charge in [0.25, 0.3) is 0 Å². The molecule has 3 unspecified atom stereocenters. The first-order chi connectivity index (χ1) is 14.3. The highest BCUT2D eigenvalue weighted by Gasteiger charge is 2.33. The van der Waals surface area contributed by atoms with Crippen LogP contribution in [0.3, 0.4) is 0 Å². The summed E-state index contributed by atoms with van der Waals surface area (Å²) in [6, 6.07) is 6.41. The lowest BCUT2D eigenvalue weighted by Crippen LogP contribution is -2.37. The molecule has 0 aliphatic heterocycles. The van der Waals surface area contributed by atoms with E-state index in [1.807, 2.05) is 0 Å². The number of benzene rings is 1. The van der Waals surface area contributed by atoms with Crippen molar-refractivity contribution in [3.05, 3.63) is 40.2 Å². The van der Waals surface area contributed by atoms with Crippen LogP contribution in [-0.4, -0.2) is 31.8 Å². The molecule has 1 aliphatic carbocycles. The van der Waals surface area contributed by atoms with Crippen molar-refractivity contribution in [3.8, 4) is 5.75 Å². The van der Waals surface area contributed by atoms with Crippen LogP contribution in [0.15, 0.2) is 33.5 Å². The summed E-state index contributed by atoms with van der Waals surface area (Å²) >= 11 is 0. The van der Waals surface area contributed by atoms with Crippen molar-refractivity contribution in [1.29, 1.82) is 0 Å². The monoisotopic (exact) mass is 416 g/mol. The number of rotatable bonds is 6. The van der Waals surface area contributed by atoms with Crippen molar-refractivity contribution in [3.63, 3.8) is 0 Å². The molecule has 1 aromatic carbocycles. The summed E-state index contributed by atoms with van der Waals surface area (Å²) in [5, 5.41) is 0.513. The topological polar surface area (TPSA) is 92.0 Å². The lowest BCUT2D eigenvalue weighted by atomic mass is 9.75. The summed E-state index contributed by atoms with van der Waals surface area (Å²) in [6.45, 7) is 5.83. The van der Waals surface area contributed by atoms with Crippen LogP contribution in [0.1, 0.15) is 50.4 Å². The highest BCUT2D eigenvalue weighted by Crippen LogP contribution is 2.35. The third kappa shape index (κ3) is 4.83. The van der Waals surface area contributed by atoms with Crippen LogP contribution in [0.25, 0.3) is 11.0 Å². The zero-order valence-electron chi connectivity index (χ0n) is 17.8. The SMILES string of the molecule is COc1cccc2cc(C(=O)OCC(=O)OC3CC(C)CCC3C(C)C)c(=O)oc12. The van der Waals surface area contributed by atoms with Crippen molar-refractivity contribution in [1.82, 2.24) is 0 Å². The standard InChI is InChI=1S/C23H28O7/c1-13(2)16-9-8-14(3)10-19(16)29-20(24)12-28-22(25)17-11-15-6-5-7-18(27-4)21(15)30-23(17)26/h5-7,11,13-14,16,19H,8-10,12H2,1-4H3. The Hall–Kier alpha value is -2.83. The molecular weight excluding hydrogens is 388 g/mol. The molecule has 0 N–H and O–H groups in total. The number of hydrogen-bond acceptors (Lipinski definition) is 7. The first kappa shape index (κ1) is 21.9. The third-order valence-corrected chi connectivity index (χ3v) is 5.73. The molecule has 0 spiro atoms. The Morgan fingerprint density at radius 1 is 1.23 bits per heavy atom. The average molecular weight is 416 g/mol. The molecule has 3 rings (SSSR count). The molecule has 0 radical (unpaired) electrons. The van der Waals surface area contributed by atoms with Gasteiger partial charge in [-0.2, -0.15) is 0 Å². The van der Waals surface area contributed by atoms with Crippen LogP contribution in [-0.2, 0) is 14.3 Å². The van der Waals surface area contributed by atoms with Crippen molar-refractivity contribution < 1.29 is 28.2 Å². The smallest absolute Gasteiger partial charge is 0.351 e. The van der Waals surface area contributed by atoms with Gasteiger partial charge in [0.05, 0.1) is 7.11 Å². The number of carbonyl (C=O) groups is 2. The summed E-state index contributed by atoms with van der Waals surface area (Å²) in [5.41, 5.74) is -0.895. The van der Waals surface area contributed by atoms with Crippen LogP contribution in [0.2, 0.25) is 0 Å². The number of esters is 2. The predicted octanol–water partition coefficient (Wildman–Crippen LogP) is 3.96. The van der Waals surface area contributed by atoms with Gasteiger partial charge in [0.2, 0.25) is 0 Å². The first-order valence-corrected chi connectivity index (χ1v) is 10.3. The molecule has 0 bridgehead atoms. The van der Waals surface area contributed by atoms with E-state index >= 15 is 0 Å². The normalized spacial score (nSPS) is 21.4. The minimum absolute atomic E-state index is 0.182. The lowest BCUT2D eigenvalue weighted by Gasteiger charge is -2.36. The Bertz CT molecular complexity index is 975. The molecular formula is C23H28O7. The summed E-state index contributed by atoms with van der Waals surface area (Å²) in [6.07, 6.45) is 2.75. The van der Waals surface area contributed by atoms with Gasteiger partial charge >= 0.3 is 17.6 Å². The molecule has 1 saturated carbocycles. The van der Waals surface area contributed by atoms with E-state index in [1.54, 1.807) is 18.2 Å². The van der Waals surface area contributed by atoms with Gasteiger partial charge < -0.3 is 18.6 Å². The van der Waals surface area contributed by atoms with Crippen LogP contribution in [0.5, 0.6) is 5.75 Å². The quantitative estimate of drug-likeness (QED) is 0.520. The second-order valence-electron chi connectivity index (χ2n) is 8.26. The number of hydrogen-bond donors (Lipinski definition) is 0. The van der Waals surface area contributed by atoms with Crippen LogP contribution >= 0.6 is 0 Å². The molecule has 0 amide bonds. The van der Waals surface area contributed by atoms with Crippen molar-refractivity contribution >= 4 is 22.9 Å². The van der Waals surface area contributed by atoms with Gasteiger partial charge in [-0.25, -0.2) is 14.4 Å². The van der Waals surface area contributed by atoms with E-state index in [9.17, 15) is 14.4 Å². The highest BCUT2D eigenvalue weighted by atomic mass is 16.6. The van der Waals surface area contributed by atoms with E-state index in [0.29, 0.717) is 28.9 Å². The highest BCUT2D eigenvalue weighted by molar-refractivity contribution is 5.94. The Morgan fingerprint density at radius 2 is 2.00 bits per heavy atom. The predicted molar refractivity (Wildman–Crippen MR) is 111 cm³/mol. The molecule has 30 heavy (non-hydrogen) atoms. The maximum absolute atomic E-state index is 12.4.